The molecule has 0 aliphatic carbocycles. The molecule has 1 fully saturated rings. The first-order valence-electron chi connectivity index (χ1n) is 10.9. The minimum atomic E-state index is -0.914. The molecule has 0 N–H and O–H groups in total. The van der Waals surface area contributed by atoms with Gasteiger partial charge in [0.05, 0.1) is 12.7 Å². The third-order valence-corrected chi connectivity index (χ3v) is 6.04. The first kappa shape index (κ1) is 21.9. The second kappa shape index (κ2) is 10.3. The van der Waals surface area contributed by atoms with Crippen molar-refractivity contribution in [1.29, 1.82) is 0 Å². The summed E-state index contributed by atoms with van der Waals surface area (Å²) in [6.07, 6.45) is 8.52. The zero-order valence-electron chi connectivity index (χ0n) is 17.4. The summed E-state index contributed by atoms with van der Waals surface area (Å²) < 4.78 is 49.3. The standard InChI is InChI=1S/C25H31F3O/c1-3-5-6-7-8-20-12-9-19(16-29-20)21-13-11-18(15-23(21)26)22-14-10-17(4-2)24(27)25(22)28/h10-11,13-15,19-20H,3-9,12,16H2,1-2H3. The molecule has 0 saturated carbocycles. The van der Waals surface area contributed by atoms with Crippen LogP contribution >= 0.6 is 0 Å². The lowest BCUT2D eigenvalue weighted by atomic mass is 9.88. The minimum Gasteiger partial charge on any atom is -0.378 e. The molecule has 1 nitrogen and oxygen atoms in total. The summed E-state index contributed by atoms with van der Waals surface area (Å²) in [4.78, 5) is 0. The molecular weight excluding hydrogens is 373 g/mol. The van der Waals surface area contributed by atoms with Gasteiger partial charge in [-0.2, -0.15) is 0 Å². The van der Waals surface area contributed by atoms with Gasteiger partial charge < -0.3 is 4.74 Å². The average Bonchev–Trinajstić information content (AvgIpc) is 2.74. The predicted octanol–water partition coefficient (Wildman–Crippen LogP) is 7.57. The Hall–Kier alpha value is -1.81. The molecule has 1 saturated heterocycles. The van der Waals surface area contributed by atoms with Gasteiger partial charge in [-0.15, -0.1) is 0 Å². The van der Waals surface area contributed by atoms with E-state index in [-0.39, 0.29) is 23.4 Å². The van der Waals surface area contributed by atoms with Gasteiger partial charge in [-0.25, -0.2) is 13.2 Å². The second-order valence-corrected chi connectivity index (χ2v) is 8.07. The van der Waals surface area contributed by atoms with Gasteiger partial charge in [0, 0.05) is 11.5 Å². The first-order chi connectivity index (χ1) is 14.0. The van der Waals surface area contributed by atoms with Crippen LogP contribution in [-0.2, 0) is 11.2 Å². The van der Waals surface area contributed by atoms with Crippen molar-refractivity contribution in [2.75, 3.05) is 6.61 Å². The van der Waals surface area contributed by atoms with Gasteiger partial charge in [-0.1, -0.05) is 63.8 Å². The summed E-state index contributed by atoms with van der Waals surface area (Å²) in [5.74, 6) is -2.12. The lowest BCUT2D eigenvalue weighted by molar-refractivity contribution is -0.00272. The lowest BCUT2D eigenvalue weighted by Gasteiger charge is -2.29. The number of unbranched alkanes of at least 4 members (excludes halogenated alkanes) is 3. The van der Waals surface area contributed by atoms with Crippen LogP contribution in [-0.4, -0.2) is 12.7 Å². The molecule has 1 heterocycles. The number of halogens is 3. The van der Waals surface area contributed by atoms with Crippen LogP contribution in [0.4, 0.5) is 13.2 Å². The summed E-state index contributed by atoms with van der Waals surface area (Å²) in [7, 11) is 0. The van der Waals surface area contributed by atoms with E-state index in [1.54, 1.807) is 25.1 Å². The third-order valence-electron chi connectivity index (χ3n) is 6.04. The van der Waals surface area contributed by atoms with Crippen molar-refractivity contribution < 1.29 is 17.9 Å². The normalized spacial score (nSPS) is 19.5. The summed E-state index contributed by atoms with van der Waals surface area (Å²) >= 11 is 0. The highest BCUT2D eigenvalue weighted by atomic mass is 19.2. The number of hydrogen-bond donors (Lipinski definition) is 0. The minimum absolute atomic E-state index is 0.0139. The molecule has 158 valence electrons. The molecule has 2 aromatic carbocycles. The zero-order chi connectivity index (χ0) is 20.8. The molecule has 2 aromatic rings. The van der Waals surface area contributed by atoms with E-state index in [0.29, 0.717) is 29.7 Å². The molecule has 1 aliphatic heterocycles. The van der Waals surface area contributed by atoms with Crippen LogP contribution in [0, 0.1) is 17.5 Å². The molecule has 29 heavy (non-hydrogen) atoms. The Kier molecular flexibility index (Phi) is 7.77. The second-order valence-electron chi connectivity index (χ2n) is 8.07. The van der Waals surface area contributed by atoms with Crippen molar-refractivity contribution in [1.82, 2.24) is 0 Å². The quantitative estimate of drug-likeness (QED) is 0.412. The average molecular weight is 405 g/mol. The maximum absolute atomic E-state index is 14.8. The number of aryl methyl sites for hydroxylation is 1. The highest BCUT2D eigenvalue weighted by Gasteiger charge is 2.25. The molecule has 0 radical (unpaired) electrons. The Balaban J connectivity index is 1.66. The monoisotopic (exact) mass is 404 g/mol. The molecule has 2 atom stereocenters. The SMILES string of the molecule is CCCCCCC1CCC(c2ccc(-c3ccc(CC)c(F)c3F)cc2F)CO1. The summed E-state index contributed by atoms with van der Waals surface area (Å²) in [6.45, 7) is 4.49. The molecule has 3 rings (SSSR count). The van der Waals surface area contributed by atoms with Crippen LogP contribution in [0.25, 0.3) is 11.1 Å². The van der Waals surface area contributed by atoms with E-state index in [0.717, 1.165) is 19.3 Å². The summed E-state index contributed by atoms with van der Waals surface area (Å²) in [5, 5.41) is 0. The van der Waals surface area contributed by atoms with Crippen molar-refractivity contribution >= 4 is 0 Å². The van der Waals surface area contributed by atoms with Gasteiger partial charge in [-0.05, 0) is 48.4 Å². The van der Waals surface area contributed by atoms with Crippen molar-refractivity contribution in [3.05, 3.63) is 58.9 Å². The highest BCUT2D eigenvalue weighted by molar-refractivity contribution is 5.65. The lowest BCUT2D eigenvalue weighted by Crippen LogP contribution is -2.25. The van der Waals surface area contributed by atoms with Crippen molar-refractivity contribution in [3.8, 4) is 11.1 Å². The maximum Gasteiger partial charge on any atom is 0.166 e. The van der Waals surface area contributed by atoms with Crippen LogP contribution in [0.2, 0.25) is 0 Å². The Morgan fingerprint density at radius 1 is 0.931 bits per heavy atom. The Labute approximate surface area is 172 Å². The van der Waals surface area contributed by atoms with Gasteiger partial charge in [0.2, 0.25) is 0 Å². The van der Waals surface area contributed by atoms with Gasteiger partial charge in [0.25, 0.3) is 0 Å². The maximum atomic E-state index is 14.8. The van der Waals surface area contributed by atoms with Crippen molar-refractivity contribution in [3.63, 3.8) is 0 Å². The van der Waals surface area contributed by atoms with Crippen molar-refractivity contribution in [2.24, 2.45) is 0 Å². The fraction of sp³-hybridized carbons (Fsp3) is 0.520. The van der Waals surface area contributed by atoms with E-state index < -0.39 is 11.6 Å². The fourth-order valence-corrected chi connectivity index (χ4v) is 4.19. The number of benzene rings is 2. The highest BCUT2D eigenvalue weighted by Crippen LogP contribution is 2.34. The molecule has 0 bridgehead atoms. The van der Waals surface area contributed by atoms with Gasteiger partial charge in [0.15, 0.2) is 11.6 Å². The van der Waals surface area contributed by atoms with Crippen LogP contribution < -0.4 is 0 Å². The number of rotatable bonds is 8. The predicted molar refractivity (Wildman–Crippen MR) is 112 cm³/mol. The van der Waals surface area contributed by atoms with E-state index in [1.807, 2.05) is 0 Å². The van der Waals surface area contributed by atoms with E-state index in [4.69, 9.17) is 4.74 Å². The van der Waals surface area contributed by atoms with E-state index in [9.17, 15) is 13.2 Å². The van der Waals surface area contributed by atoms with Crippen molar-refractivity contribution in [2.45, 2.75) is 77.2 Å². The van der Waals surface area contributed by atoms with Crippen LogP contribution in [0.15, 0.2) is 30.3 Å². The summed E-state index contributed by atoms with van der Waals surface area (Å²) in [5.41, 5.74) is 1.38. The molecule has 0 aromatic heterocycles. The number of hydrogen-bond acceptors (Lipinski definition) is 1. The molecule has 2 unspecified atom stereocenters. The third kappa shape index (κ3) is 5.22. The topological polar surface area (TPSA) is 9.23 Å². The van der Waals surface area contributed by atoms with Crippen LogP contribution in [0.3, 0.4) is 0 Å². The van der Waals surface area contributed by atoms with Crippen LogP contribution in [0.1, 0.15) is 75.8 Å². The first-order valence-corrected chi connectivity index (χ1v) is 10.9. The molecule has 0 spiro atoms. The Bertz CT molecular complexity index is 810. The van der Waals surface area contributed by atoms with E-state index in [2.05, 4.69) is 6.92 Å². The van der Waals surface area contributed by atoms with E-state index >= 15 is 0 Å². The van der Waals surface area contributed by atoms with Crippen LogP contribution in [0.5, 0.6) is 0 Å². The van der Waals surface area contributed by atoms with Gasteiger partial charge in [0.1, 0.15) is 5.82 Å². The summed E-state index contributed by atoms with van der Waals surface area (Å²) in [6, 6.07) is 7.79. The molecular formula is C25H31F3O. The molecule has 4 heteroatoms. The van der Waals surface area contributed by atoms with E-state index in [1.165, 1.54) is 37.8 Å². The Morgan fingerprint density at radius 2 is 1.76 bits per heavy atom. The smallest absolute Gasteiger partial charge is 0.166 e. The number of ether oxygens (including phenoxy) is 1. The van der Waals surface area contributed by atoms with Gasteiger partial charge in [-0.3, -0.25) is 0 Å². The Morgan fingerprint density at radius 3 is 2.41 bits per heavy atom. The largest absolute Gasteiger partial charge is 0.378 e. The van der Waals surface area contributed by atoms with Gasteiger partial charge >= 0.3 is 0 Å². The zero-order valence-corrected chi connectivity index (χ0v) is 17.4. The molecule has 1 aliphatic rings. The molecule has 0 amide bonds. The fourth-order valence-electron chi connectivity index (χ4n) is 4.19.